The van der Waals surface area contributed by atoms with Crippen molar-refractivity contribution in [3.8, 4) is 0 Å². The second-order valence-electron chi connectivity index (χ2n) is 3.17. The van der Waals surface area contributed by atoms with Crippen LogP contribution in [0.15, 0.2) is 33.7 Å². The molecule has 0 amide bonds. The van der Waals surface area contributed by atoms with Crippen LogP contribution in [0.5, 0.6) is 0 Å². The maximum atomic E-state index is 5.48. The molecule has 0 N–H and O–H groups in total. The largest absolute Gasteiger partial charge is 0.465 e. The van der Waals surface area contributed by atoms with Crippen molar-refractivity contribution in [3.63, 3.8) is 0 Å². The Morgan fingerprint density at radius 2 is 2.33 bits per heavy atom. The van der Waals surface area contributed by atoms with Crippen LogP contribution in [0.25, 0.3) is 0 Å². The topological polar surface area (TPSA) is 25.5 Å². The van der Waals surface area contributed by atoms with E-state index in [2.05, 4.69) is 24.1 Å². The van der Waals surface area contributed by atoms with Crippen LogP contribution in [0.1, 0.15) is 24.9 Å². The Labute approximate surface area is 95.5 Å². The van der Waals surface area contributed by atoms with Gasteiger partial charge in [-0.05, 0) is 31.6 Å². The highest BCUT2D eigenvalue weighted by atomic mass is 32.2. The normalized spacial score (nSPS) is 12.6. The number of hydrogen-bond donors (Lipinski definition) is 0. The Hall–Kier alpha value is -0.960. The van der Waals surface area contributed by atoms with E-state index in [0.717, 1.165) is 28.7 Å². The standard InChI is InChI=1S/C12H17NOS/c1-4-5-6-12(13-3)15-9-11-8-7-10(2)14-11/h5-8H,4,9H2,1-3H3/b6-5-,13-12?. The van der Waals surface area contributed by atoms with Gasteiger partial charge >= 0.3 is 0 Å². The zero-order valence-corrected chi connectivity index (χ0v) is 10.3. The molecule has 0 aromatic carbocycles. The molecule has 0 aliphatic carbocycles. The van der Waals surface area contributed by atoms with Crippen molar-refractivity contribution < 1.29 is 4.42 Å². The fraction of sp³-hybridized carbons (Fsp3) is 0.417. The highest BCUT2D eigenvalue weighted by Crippen LogP contribution is 2.16. The van der Waals surface area contributed by atoms with Crippen molar-refractivity contribution in [1.29, 1.82) is 0 Å². The predicted molar refractivity (Wildman–Crippen MR) is 67.5 cm³/mol. The molecular weight excluding hydrogens is 206 g/mol. The molecule has 3 heteroatoms. The second kappa shape index (κ2) is 6.51. The minimum atomic E-state index is 0.842. The van der Waals surface area contributed by atoms with Crippen LogP contribution >= 0.6 is 11.8 Å². The molecule has 0 aliphatic heterocycles. The van der Waals surface area contributed by atoms with E-state index in [9.17, 15) is 0 Å². The van der Waals surface area contributed by atoms with Crippen molar-refractivity contribution in [2.45, 2.75) is 26.0 Å². The lowest BCUT2D eigenvalue weighted by molar-refractivity contribution is 0.501. The minimum Gasteiger partial charge on any atom is -0.465 e. The molecule has 0 aliphatic rings. The van der Waals surface area contributed by atoms with Crippen molar-refractivity contribution in [3.05, 3.63) is 35.8 Å². The van der Waals surface area contributed by atoms with Gasteiger partial charge in [-0.2, -0.15) is 0 Å². The van der Waals surface area contributed by atoms with Gasteiger partial charge in [-0.25, -0.2) is 0 Å². The number of nitrogens with zero attached hydrogens (tertiary/aromatic N) is 1. The van der Waals surface area contributed by atoms with Crippen LogP contribution < -0.4 is 0 Å². The molecule has 1 rings (SSSR count). The number of aliphatic imine (C=N–C) groups is 1. The van der Waals surface area contributed by atoms with Crippen molar-refractivity contribution in [2.75, 3.05) is 7.05 Å². The monoisotopic (exact) mass is 223 g/mol. The second-order valence-corrected chi connectivity index (χ2v) is 4.17. The Kier molecular flexibility index (Phi) is 5.26. The van der Waals surface area contributed by atoms with Crippen LogP contribution in [0.4, 0.5) is 0 Å². The summed E-state index contributed by atoms with van der Waals surface area (Å²) >= 11 is 1.70. The van der Waals surface area contributed by atoms with Gasteiger partial charge in [-0.3, -0.25) is 4.99 Å². The first kappa shape index (κ1) is 12.1. The van der Waals surface area contributed by atoms with E-state index in [-0.39, 0.29) is 0 Å². The van der Waals surface area contributed by atoms with Crippen LogP contribution in [-0.4, -0.2) is 12.1 Å². The molecule has 0 spiro atoms. The first-order valence-electron chi connectivity index (χ1n) is 5.07. The van der Waals surface area contributed by atoms with Crippen molar-refractivity contribution in [1.82, 2.24) is 0 Å². The third kappa shape index (κ3) is 4.38. The molecule has 0 fully saturated rings. The smallest absolute Gasteiger partial charge is 0.114 e. The van der Waals surface area contributed by atoms with Crippen LogP contribution in [0.2, 0.25) is 0 Å². The molecule has 0 unspecified atom stereocenters. The lowest BCUT2D eigenvalue weighted by Gasteiger charge is -1.97. The molecule has 1 aromatic heterocycles. The van der Waals surface area contributed by atoms with E-state index >= 15 is 0 Å². The van der Waals surface area contributed by atoms with Crippen LogP contribution in [0, 0.1) is 6.92 Å². The first-order chi connectivity index (χ1) is 7.26. The summed E-state index contributed by atoms with van der Waals surface area (Å²) in [6, 6.07) is 4.00. The van der Waals surface area contributed by atoms with E-state index in [1.165, 1.54) is 0 Å². The number of hydrogen-bond acceptors (Lipinski definition) is 3. The molecule has 15 heavy (non-hydrogen) atoms. The van der Waals surface area contributed by atoms with Gasteiger partial charge in [0, 0.05) is 7.05 Å². The number of allylic oxidation sites excluding steroid dienone is 1. The summed E-state index contributed by atoms with van der Waals surface area (Å²) in [7, 11) is 1.82. The van der Waals surface area contributed by atoms with E-state index in [1.54, 1.807) is 11.8 Å². The number of furan rings is 1. The summed E-state index contributed by atoms with van der Waals surface area (Å²) in [6.45, 7) is 4.07. The molecule has 82 valence electrons. The third-order valence-electron chi connectivity index (χ3n) is 1.87. The zero-order valence-electron chi connectivity index (χ0n) is 9.49. The van der Waals surface area contributed by atoms with E-state index in [4.69, 9.17) is 4.42 Å². The van der Waals surface area contributed by atoms with Gasteiger partial charge < -0.3 is 4.42 Å². The Bertz CT molecular complexity index is 352. The van der Waals surface area contributed by atoms with Crippen LogP contribution in [-0.2, 0) is 5.75 Å². The van der Waals surface area contributed by atoms with E-state index in [0.29, 0.717) is 0 Å². The molecule has 0 radical (unpaired) electrons. The van der Waals surface area contributed by atoms with Gasteiger partial charge in [0.25, 0.3) is 0 Å². The molecule has 1 heterocycles. The van der Waals surface area contributed by atoms with Crippen molar-refractivity contribution >= 4 is 16.8 Å². The summed E-state index contributed by atoms with van der Waals surface area (Å²) in [5.41, 5.74) is 0. The molecule has 0 saturated carbocycles. The molecule has 0 saturated heterocycles. The van der Waals surface area contributed by atoms with Gasteiger partial charge in [-0.1, -0.05) is 24.8 Å². The lowest BCUT2D eigenvalue weighted by atomic mass is 10.4. The predicted octanol–water partition coefficient (Wildman–Crippen LogP) is 3.82. The first-order valence-corrected chi connectivity index (χ1v) is 6.06. The minimum absolute atomic E-state index is 0.842. The summed E-state index contributed by atoms with van der Waals surface area (Å²) in [4.78, 5) is 4.20. The van der Waals surface area contributed by atoms with Gasteiger partial charge in [0.15, 0.2) is 0 Å². The maximum Gasteiger partial charge on any atom is 0.114 e. The molecule has 1 aromatic rings. The lowest BCUT2D eigenvalue weighted by Crippen LogP contribution is -1.87. The fourth-order valence-electron chi connectivity index (χ4n) is 1.11. The average molecular weight is 223 g/mol. The van der Waals surface area contributed by atoms with E-state index in [1.807, 2.05) is 26.1 Å². The van der Waals surface area contributed by atoms with Gasteiger partial charge in [0.1, 0.15) is 11.5 Å². The van der Waals surface area contributed by atoms with Gasteiger partial charge in [0.2, 0.25) is 0 Å². The van der Waals surface area contributed by atoms with Gasteiger partial charge in [0.05, 0.1) is 10.8 Å². The zero-order chi connectivity index (χ0) is 11.1. The maximum absolute atomic E-state index is 5.48. The fourth-order valence-corrected chi connectivity index (χ4v) is 1.88. The Morgan fingerprint density at radius 3 is 2.87 bits per heavy atom. The summed E-state index contributed by atoms with van der Waals surface area (Å²) in [5, 5.41) is 1.05. The third-order valence-corrected chi connectivity index (χ3v) is 2.92. The van der Waals surface area contributed by atoms with Crippen LogP contribution in [0.3, 0.4) is 0 Å². The SMILES string of the molecule is CC/C=C\C(=NC)SCc1ccc(C)o1. The van der Waals surface area contributed by atoms with E-state index < -0.39 is 0 Å². The molecule has 2 nitrogen and oxygen atoms in total. The van der Waals surface area contributed by atoms with Gasteiger partial charge in [-0.15, -0.1) is 0 Å². The summed E-state index contributed by atoms with van der Waals surface area (Å²) in [6.07, 6.45) is 5.21. The number of thioether (sulfide) groups is 1. The quantitative estimate of drug-likeness (QED) is 0.573. The highest BCUT2D eigenvalue weighted by Gasteiger charge is 2.00. The summed E-state index contributed by atoms with van der Waals surface area (Å²) in [5.74, 6) is 2.81. The molecule has 0 atom stereocenters. The Morgan fingerprint density at radius 1 is 1.53 bits per heavy atom. The molecular formula is C12H17NOS. The number of rotatable bonds is 4. The Balaban J connectivity index is 2.45. The highest BCUT2D eigenvalue weighted by molar-refractivity contribution is 8.13. The van der Waals surface area contributed by atoms with Crippen molar-refractivity contribution in [2.24, 2.45) is 4.99 Å². The summed E-state index contributed by atoms with van der Waals surface area (Å²) < 4.78 is 5.48. The molecule has 0 bridgehead atoms. The number of aryl methyl sites for hydroxylation is 1. The average Bonchev–Trinajstić information content (AvgIpc) is 2.65.